The number of hydrogen-bond acceptors (Lipinski definition) is 2. The molecule has 0 aromatic heterocycles. The molecule has 0 bridgehead atoms. The van der Waals surface area contributed by atoms with E-state index in [4.69, 9.17) is 0 Å². The molecule has 12 heteroatoms. The van der Waals surface area contributed by atoms with Crippen LogP contribution in [-0.2, 0) is 9.53 Å². The maximum absolute atomic E-state index is 14.2. The summed E-state index contributed by atoms with van der Waals surface area (Å²) >= 11 is 0.887. The number of alkyl halides is 10. The molecule has 2 nitrogen and oxygen atoms in total. The Hall–Kier alpha value is -0.430. The molecule has 1 aliphatic rings. The monoisotopic (exact) mass is 458 g/mol. The number of rotatable bonds is 3. The molecule has 22 heavy (non-hydrogen) atoms. The van der Waals surface area contributed by atoms with Gasteiger partial charge < -0.3 is 4.74 Å². The molecule has 0 aromatic carbocycles. The first-order valence-corrected chi connectivity index (χ1v) is 6.49. The highest BCUT2D eigenvalue weighted by atomic mass is 127. The molecular formula is C10H8F9IO2. The number of carbonyl (C=O) groups is 1. The standard InChI is InChI=1S/C10H8F9IO2/c1-5(20,4(21)22-2)3-6(11)7(12,13)9(16,17)10(18,19)8(6,14)15/h3H2,1-2H3. The number of carbonyl (C=O) groups excluding carboxylic acids is 1. The van der Waals surface area contributed by atoms with Gasteiger partial charge in [0.1, 0.15) is 3.42 Å². The van der Waals surface area contributed by atoms with Gasteiger partial charge in [-0.1, -0.05) is 22.6 Å². The Morgan fingerprint density at radius 3 is 1.50 bits per heavy atom. The quantitative estimate of drug-likeness (QED) is 0.277. The lowest BCUT2D eigenvalue weighted by molar-refractivity contribution is -0.303. The Morgan fingerprint density at radius 2 is 1.23 bits per heavy atom. The van der Waals surface area contributed by atoms with Gasteiger partial charge in [-0.15, -0.1) is 0 Å². The third-order valence-electron chi connectivity index (χ3n) is 3.36. The third-order valence-corrected chi connectivity index (χ3v) is 4.19. The third kappa shape index (κ3) is 1.97. The van der Waals surface area contributed by atoms with Crippen LogP contribution in [-0.4, -0.2) is 45.9 Å². The maximum Gasteiger partial charge on any atom is 0.381 e. The molecule has 1 saturated carbocycles. The number of halogens is 10. The second-order valence-corrected chi connectivity index (χ2v) is 7.35. The van der Waals surface area contributed by atoms with Crippen LogP contribution in [0.15, 0.2) is 0 Å². The summed E-state index contributed by atoms with van der Waals surface area (Å²) in [6.07, 6.45) is -2.31. The van der Waals surface area contributed by atoms with Gasteiger partial charge in [0.2, 0.25) is 0 Å². The van der Waals surface area contributed by atoms with E-state index in [0.717, 1.165) is 22.6 Å². The zero-order chi connectivity index (χ0) is 18.0. The molecule has 0 saturated heterocycles. The van der Waals surface area contributed by atoms with E-state index < -0.39 is 45.2 Å². The topological polar surface area (TPSA) is 26.3 Å². The summed E-state index contributed by atoms with van der Waals surface area (Å²) in [5, 5.41) is 0. The highest BCUT2D eigenvalue weighted by molar-refractivity contribution is 14.1. The van der Waals surface area contributed by atoms with E-state index in [9.17, 15) is 44.3 Å². The predicted octanol–water partition coefficient (Wildman–Crippen LogP) is 4.01. The van der Waals surface area contributed by atoms with Crippen molar-refractivity contribution >= 4 is 28.6 Å². The van der Waals surface area contributed by atoms with Crippen LogP contribution in [0.1, 0.15) is 13.3 Å². The van der Waals surface area contributed by atoms with Gasteiger partial charge in [-0.3, -0.25) is 4.79 Å². The van der Waals surface area contributed by atoms with Crippen LogP contribution in [0.3, 0.4) is 0 Å². The molecule has 0 spiro atoms. The minimum absolute atomic E-state index is 0.613. The van der Waals surface area contributed by atoms with Gasteiger partial charge in [0.05, 0.1) is 7.11 Å². The van der Waals surface area contributed by atoms with Crippen molar-refractivity contribution in [1.82, 2.24) is 0 Å². The van der Waals surface area contributed by atoms with Crippen molar-refractivity contribution in [1.29, 1.82) is 0 Å². The zero-order valence-electron chi connectivity index (χ0n) is 10.8. The molecule has 1 fully saturated rings. The average Bonchev–Trinajstić information content (AvgIpc) is 2.39. The summed E-state index contributed by atoms with van der Waals surface area (Å²) in [6, 6.07) is 0. The number of ether oxygens (including phenoxy) is 1. The van der Waals surface area contributed by atoms with Crippen LogP contribution >= 0.6 is 22.6 Å². The minimum atomic E-state index is -6.64. The molecule has 1 rings (SSSR count). The molecule has 0 radical (unpaired) electrons. The van der Waals surface area contributed by atoms with E-state index in [2.05, 4.69) is 4.74 Å². The Bertz CT molecular complexity index is 463. The van der Waals surface area contributed by atoms with E-state index in [1.54, 1.807) is 0 Å². The van der Waals surface area contributed by atoms with Crippen LogP contribution in [0.25, 0.3) is 0 Å². The first kappa shape index (κ1) is 19.6. The number of hydrogen-bond donors (Lipinski definition) is 0. The predicted molar refractivity (Wildman–Crippen MR) is 62.7 cm³/mol. The Kier molecular flexibility index (Phi) is 4.27. The van der Waals surface area contributed by atoms with Crippen molar-refractivity contribution < 1.29 is 49.0 Å². The van der Waals surface area contributed by atoms with E-state index in [1.807, 2.05) is 0 Å². The second kappa shape index (κ2) is 4.79. The van der Waals surface area contributed by atoms with Gasteiger partial charge in [0, 0.05) is 6.42 Å². The molecule has 1 aliphatic carbocycles. The van der Waals surface area contributed by atoms with Crippen molar-refractivity contribution in [3.8, 4) is 0 Å². The van der Waals surface area contributed by atoms with E-state index in [1.165, 1.54) is 0 Å². The van der Waals surface area contributed by atoms with Gasteiger partial charge in [0.25, 0.3) is 5.67 Å². The summed E-state index contributed by atoms with van der Waals surface area (Å²) in [5.74, 6) is -27.6. The molecule has 0 aliphatic heterocycles. The summed E-state index contributed by atoms with van der Waals surface area (Å²) in [4.78, 5) is 11.2. The van der Waals surface area contributed by atoms with Crippen LogP contribution in [0.2, 0.25) is 0 Å². The SMILES string of the molecule is COC(=O)C(C)(I)CC1(F)C(F)(F)C(F)(F)C(F)(F)C1(F)F. The molecule has 0 amide bonds. The van der Waals surface area contributed by atoms with E-state index >= 15 is 0 Å². The van der Waals surface area contributed by atoms with Gasteiger partial charge in [0.15, 0.2) is 0 Å². The fraction of sp³-hybridized carbons (Fsp3) is 0.900. The van der Waals surface area contributed by atoms with Crippen molar-refractivity contribution in [3.05, 3.63) is 0 Å². The van der Waals surface area contributed by atoms with Gasteiger partial charge in [-0.2, -0.15) is 35.1 Å². The fourth-order valence-corrected chi connectivity index (χ4v) is 2.80. The highest BCUT2D eigenvalue weighted by Crippen LogP contribution is 2.70. The Labute approximate surface area is 131 Å². The van der Waals surface area contributed by atoms with Crippen molar-refractivity contribution in [2.75, 3.05) is 7.11 Å². The first-order valence-electron chi connectivity index (χ1n) is 5.41. The smallest absolute Gasteiger partial charge is 0.381 e. The lowest BCUT2D eigenvalue weighted by atomic mass is 9.86. The zero-order valence-corrected chi connectivity index (χ0v) is 13.0. The summed E-state index contributed by atoms with van der Waals surface area (Å²) in [6.45, 7) is 0.613. The lowest BCUT2D eigenvalue weighted by Gasteiger charge is -2.35. The maximum atomic E-state index is 14.2. The van der Waals surface area contributed by atoms with E-state index in [0.29, 0.717) is 14.0 Å². The first-order chi connectivity index (χ1) is 9.44. The molecule has 0 N–H and O–H groups in total. The highest BCUT2D eigenvalue weighted by Gasteiger charge is 3.00. The summed E-state index contributed by atoms with van der Waals surface area (Å²) in [7, 11) is 0.693. The van der Waals surface area contributed by atoms with Crippen LogP contribution in [0.5, 0.6) is 0 Å². The molecule has 1 unspecified atom stereocenters. The number of esters is 1. The molecule has 130 valence electrons. The van der Waals surface area contributed by atoms with Crippen molar-refractivity contribution in [3.63, 3.8) is 0 Å². The molecule has 0 aromatic rings. The average molecular weight is 458 g/mol. The van der Waals surface area contributed by atoms with Crippen molar-refractivity contribution in [2.45, 2.75) is 46.1 Å². The van der Waals surface area contributed by atoms with E-state index in [-0.39, 0.29) is 0 Å². The van der Waals surface area contributed by atoms with Crippen LogP contribution in [0, 0.1) is 0 Å². The van der Waals surface area contributed by atoms with Crippen LogP contribution < -0.4 is 0 Å². The van der Waals surface area contributed by atoms with Gasteiger partial charge in [-0.05, 0) is 6.92 Å². The fourth-order valence-electron chi connectivity index (χ4n) is 2.05. The Balaban J connectivity index is 3.53. The summed E-state index contributed by atoms with van der Waals surface area (Å²) in [5.41, 5.74) is -5.66. The second-order valence-electron chi connectivity index (χ2n) is 4.96. The summed E-state index contributed by atoms with van der Waals surface area (Å²) < 4.78 is 121. The van der Waals surface area contributed by atoms with Gasteiger partial charge in [-0.25, -0.2) is 4.39 Å². The lowest BCUT2D eigenvalue weighted by Crippen LogP contribution is -2.58. The normalized spacial score (nSPS) is 29.6. The molecule has 1 atom stereocenters. The number of methoxy groups -OCH3 is 1. The van der Waals surface area contributed by atoms with Gasteiger partial charge >= 0.3 is 29.7 Å². The largest absolute Gasteiger partial charge is 0.468 e. The minimum Gasteiger partial charge on any atom is -0.468 e. The molecule has 0 heterocycles. The van der Waals surface area contributed by atoms with Crippen molar-refractivity contribution in [2.24, 2.45) is 0 Å². The molecular weight excluding hydrogens is 450 g/mol. The Morgan fingerprint density at radius 1 is 0.909 bits per heavy atom. The van der Waals surface area contributed by atoms with Crippen LogP contribution in [0.4, 0.5) is 39.5 Å².